The maximum atomic E-state index is 9.54. The molecule has 0 N–H and O–H groups in total. The van der Waals surface area contributed by atoms with Gasteiger partial charge in [-0.25, -0.2) is 0 Å². The molecule has 0 fully saturated rings. The number of carbonyl (C=O) groups is 2. The van der Waals surface area contributed by atoms with E-state index in [4.69, 9.17) is 0 Å². The van der Waals surface area contributed by atoms with E-state index in [1.165, 1.54) is 0 Å². The number of rotatable bonds is 2. The molecular weight excluding hydrogens is 96.1 g/mol. The second-order valence-corrected chi connectivity index (χ2v) is 2.46. The van der Waals surface area contributed by atoms with Crippen molar-refractivity contribution in [3.05, 3.63) is 0 Å². The van der Waals surface area contributed by atoms with E-state index < -0.39 is 0 Å². The van der Waals surface area contributed by atoms with Crippen molar-refractivity contribution in [2.24, 2.45) is 0 Å². The third-order valence-corrected chi connectivity index (χ3v) is 0.974. The predicted octanol–water partition coefficient (Wildman–Crippen LogP) is -1.46. The highest BCUT2D eigenvalue weighted by Crippen LogP contribution is 1.79. The van der Waals surface area contributed by atoms with Crippen LogP contribution in [0.25, 0.3) is 0 Å². The lowest BCUT2D eigenvalue weighted by Gasteiger charge is -1.78. The molecule has 0 aliphatic rings. The van der Waals surface area contributed by atoms with E-state index in [9.17, 15) is 9.59 Å². The van der Waals surface area contributed by atoms with Gasteiger partial charge in [0, 0.05) is 10.2 Å². The van der Waals surface area contributed by atoms with E-state index >= 15 is 0 Å². The standard InChI is InChI=1S/C3H6O2Si/c4-1-3(6)2-5/h1-3H,6H3. The van der Waals surface area contributed by atoms with Crippen LogP contribution in [0.5, 0.6) is 0 Å². The monoisotopic (exact) mass is 102 g/mol. The Morgan fingerprint density at radius 3 is 1.67 bits per heavy atom. The maximum Gasteiger partial charge on any atom is 0.126 e. The summed E-state index contributed by atoms with van der Waals surface area (Å²) < 4.78 is 0. The zero-order chi connectivity index (χ0) is 4.99. The zero-order valence-electron chi connectivity index (χ0n) is 3.55. The van der Waals surface area contributed by atoms with E-state index in [1.807, 2.05) is 0 Å². The Balaban J connectivity index is 3.21. The molecule has 0 aliphatic heterocycles. The summed E-state index contributed by atoms with van der Waals surface area (Å²) in [5, 5.41) is 0. The van der Waals surface area contributed by atoms with Crippen LogP contribution in [-0.2, 0) is 9.59 Å². The molecule has 0 saturated carbocycles. The van der Waals surface area contributed by atoms with Gasteiger partial charge in [0.2, 0.25) is 0 Å². The molecule has 0 aliphatic carbocycles. The van der Waals surface area contributed by atoms with Crippen LogP contribution in [0.1, 0.15) is 0 Å². The first kappa shape index (κ1) is 5.56. The van der Waals surface area contributed by atoms with Crippen LogP contribution in [-0.4, -0.2) is 22.8 Å². The van der Waals surface area contributed by atoms with Crippen molar-refractivity contribution < 1.29 is 9.59 Å². The van der Waals surface area contributed by atoms with Gasteiger partial charge in [0.05, 0.1) is 5.54 Å². The molecule has 0 radical (unpaired) electrons. The van der Waals surface area contributed by atoms with E-state index in [0.29, 0.717) is 22.8 Å². The number of aldehydes is 2. The van der Waals surface area contributed by atoms with Crippen molar-refractivity contribution in [1.82, 2.24) is 0 Å². The van der Waals surface area contributed by atoms with Crippen LogP contribution in [0.15, 0.2) is 0 Å². The Labute approximate surface area is 39.0 Å². The number of hydrogen-bond acceptors (Lipinski definition) is 2. The molecule has 2 nitrogen and oxygen atoms in total. The summed E-state index contributed by atoms with van der Waals surface area (Å²) in [5.41, 5.74) is -0.287. The van der Waals surface area contributed by atoms with E-state index in [-0.39, 0.29) is 5.54 Å². The Morgan fingerprint density at radius 1 is 1.33 bits per heavy atom. The van der Waals surface area contributed by atoms with Gasteiger partial charge in [0.15, 0.2) is 0 Å². The summed E-state index contributed by atoms with van der Waals surface area (Å²) in [6, 6.07) is 0. The lowest BCUT2D eigenvalue weighted by Crippen LogP contribution is -1.91. The van der Waals surface area contributed by atoms with Crippen LogP contribution < -0.4 is 0 Å². The van der Waals surface area contributed by atoms with Gasteiger partial charge in [-0.3, -0.25) is 0 Å². The topological polar surface area (TPSA) is 34.1 Å². The molecule has 0 aromatic heterocycles. The lowest BCUT2D eigenvalue weighted by atomic mass is 10.5. The number of carbonyl (C=O) groups excluding carboxylic acids is 2. The molecule has 0 spiro atoms. The minimum absolute atomic E-state index is 0.287. The molecule has 0 heterocycles. The normalized spacial score (nSPS) is 8.83. The van der Waals surface area contributed by atoms with Crippen LogP contribution in [0.2, 0.25) is 5.54 Å². The van der Waals surface area contributed by atoms with Crippen molar-refractivity contribution in [3.63, 3.8) is 0 Å². The fourth-order valence-electron chi connectivity index (χ4n) is 0.0321. The fourth-order valence-corrected chi connectivity index (χ4v) is 0.0321. The minimum Gasteiger partial charge on any atom is -0.303 e. The van der Waals surface area contributed by atoms with Crippen molar-refractivity contribution in [2.75, 3.05) is 0 Å². The molecule has 0 unspecified atom stereocenters. The highest BCUT2D eigenvalue weighted by atomic mass is 28.1. The van der Waals surface area contributed by atoms with Crippen LogP contribution >= 0.6 is 0 Å². The Morgan fingerprint density at radius 2 is 1.67 bits per heavy atom. The molecule has 0 atom stereocenters. The third-order valence-electron chi connectivity index (χ3n) is 0.429. The van der Waals surface area contributed by atoms with Crippen molar-refractivity contribution in [1.29, 1.82) is 0 Å². The fraction of sp³-hybridized carbons (Fsp3) is 0.333. The molecule has 0 saturated heterocycles. The van der Waals surface area contributed by atoms with Crippen LogP contribution in [0, 0.1) is 0 Å². The second kappa shape index (κ2) is 2.78. The summed E-state index contributed by atoms with van der Waals surface area (Å²) in [5.74, 6) is 0. The van der Waals surface area contributed by atoms with Gasteiger partial charge >= 0.3 is 0 Å². The second-order valence-electron chi connectivity index (χ2n) is 1.13. The molecule has 0 bridgehead atoms. The van der Waals surface area contributed by atoms with Crippen molar-refractivity contribution >= 4 is 22.8 Å². The first-order valence-electron chi connectivity index (χ1n) is 1.72. The zero-order valence-corrected chi connectivity index (χ0v) is 5.55. The molecule has 0 rings (SSSR count). The maximum absolute atomic E-state index is 9.54. The van der Waals surface area contributed by atoms with Gasteiger partial charge in [0.1, 0.15) is 12.6 Å². The van der Waals surface area contributed by atoms with E-state index in [0.717, 1.165) is 0 Å². The average molecular weight is 102 g/mol. The average Bonchev–Trinajstić information content (AvgIpc) is 1.65. The van der Waals surface area contributed by atoms with Crippen LogP contribution in [0.4, 0.5) is 0 Å². The van der Waals surface area contributed by atoms with Gasteiger partial charge in [-0.05, 0) is 0 Å². The summed E-state index contributed by atoms with van der Waals surface area (Å²) in [6.45, 7) is 0. The van der Waals surface area contributed by atoms with Crippen molar-refractivity contribution in [3.8, 4) is 0 Å². The Kier molecular flexibility index (Phi) is 2.57. The Hall–Kier alpha value is -0.443. The van der Waals surface area contributed by atoms with Gasteiger partial charge < -0.3 is 9.59 Å². The highest BCUT2D eigenvalue weighted by Gasteiger charge is 1.89. The van der Waals surface area contributed by atoms with Gasteiger partial charge in [0.25, 0.3) is 0 Å². The Bertz CT molecular complexity index is 53.8. The first-order valence-corrected chi connectivity index (χ1v) is 2.87. The lowest BCUT2D eigenvalue weighted by molar-refractivity contribution is -0.114. The minimum atomic E-state index is -0.287. The molecule has 3 heteroatoms. The molecule has 0 amide bonds. The first-order chi connectivity index (χ1) is 2.81. The van der Waals surface area contributed by atoms with Crippen molar-refractivity contribution in [2.45, 2.75) is 5.54 Å². The summed E-state index contributed by atoms with van der Waals surface area (Å²) in [6.07, 6.45) is 1.33. The highest BCUT2D eigenvalue weighted by molar-refractivity contribution is 6.28. The summed E-state index contributed by atoms with van der Waals surface area (Å²) in [4.78, 5) is 19.1. The SMILES string of the molecule is O=CC([SiH3])C=O. The summed E-state index contributed by atoms with van der Waals surface area (Å²) in [7, 11) is 0.654. The third kappa shape index (κ3) is 1.84. The molecule has 0 aromatic rings. The largest absolute Gasteiger partial charge is 0.303 e. The predicted molar refractivity (Wildman–Crippen MR) is 25.8 cm³/mol. The van der Waals surface area contributed by atoms with E-state index in [2.05, 4.69) is 0 Å². The quantitative estimate of drug-likeness (QED) is 0.242. The van der Waals surface area contributed by atoms with Crippen LogP contribution in [0.3, 0.4) is 0 Å². The molecule has 6 heavy (non-hydrogen) atoms. The smallest absolute Gasteiger partial charge is 0.126 e. The van der Waals surface area contributed by atoms with E-state index in [1.54, 1.807) is 0 Å². The van der Waals surface area contributed by atoms with Gasteiger partial charge in [-0.15, -0.1) is 0 Å². The molecule has 34 valence electrons. The van der Waals surface area contributed by atoms with Gasteiger partial charge in [-0.1, -0.05) is 0 Å². The molecule has 0 aromatic carbocycles. The van der Waals surface area contributed by atoms with Gasteiger partial charge in [-0.2, -0.15) is 0 Å². The summed E-state index contributed by atoms with van der Waals surface area (Å²) >= 11 is 0. The molecular formula is C3H6O2Si. The number of hydrogen-bond donors (Lipinski definition) is 0.